The predicted molar refractivity (Wildman–Crippen MR) is 289 cm³/mol. The van der Waals surface area contributed by atoms with Gasteiger partial charge in [0, 0.05) is 32.6 Å². The van der Waals surface area contributed by atoms with E-state index in [9.17, 15) is 0 Å². The standard InChI is InChI=1S/C66H42N2/c1-3-15-43(16-4-1)44-27-29-45(30-28-44)46-31-33-47(34-32-46)50-41-60-54-21-8-7-19-52(54)53-20-9-10-24-57(53)66(60)65(42-50)68-62-26-14-12-23-56(62)59-40-49(36-38-64(59)68)48-35-37-63-58(39-48)55-22-11-13-25-61(55)67(63)51-17-5-2-6-18-51/h1-42H. The highest BCUT2D eigenvalue weighted by atomic mass is 15.0. The van der Waals surface area contributed by atoms with Crippen molar-refractivity contribution in [2.24, 2.45) is 0 Å². The minimum atomic E-state index is 1.17. The van der Waals surface area contributed by atoms with Crippen LogP contribution >= 0.6 is 0 Å². The fourth-order valence-electron chi connectivity index (χ4n) is 11.1. The molecular formula is C66H42N2. The molecule has 2 heteroatoms. The van der Waals surface area contributed by atoms with Gasteiger partial charge in [-0.3, -0.25) is 0 Å². The molecule has 0 saturated heterocycles. The van der Waals surface area contributed by atoms with Gasteiger partial charge in [0.25, 0.3) is 0 Å². The van der Waals surface area contributed by atoms with E-state index in [-0.39, 0.29) is 0 Å². The Morgan fingerprint density at radius 3 is 1.10 bits per heavy atom. The van der Waals surface area contributed by atoms with E-state index in [1.807, 2.05) is 0 Å². The van der Waals surface area contributed by atoms with Crippen molar-refractivity contribution in [1.82, 2.24) is 9.13 Å². The van der Waals surface area contributed by atoms with Crippen LogP contribution in [0.3, 0.4) is 0 Å². The summed E-state index contributed by atoms with van der Waals surface area (Å²) in [6.45, 7) is 0. The minimum Gasteiger partial charge on any atom is -0.309 e. The second-order valence-electron chi connectivity index (χ2n) is 18.0. The molecule has 68 heavy (non-hydrogen) atoms. The monoisotopic (exact) mass is 862 g/mol. The van der Waals surface area contributed by atoms with Gasteiger partial charge >= 0.3 is 0 Å². The molecule has 0 radical (unpaired) electrons. The molecule has 0 aliphatic rings. The van der Waals surface area contributed by atoms with Crippen LogP contribution in [-0.4, -0.2) is 9.13 Å². The van der Waals surface area contributed by atoms with E-state index >= 15 is 0 Å². The van der Waals surface area contributed by atoms with Crippen molar-refractivity contribution < 1.29 is 0 Å². The van der Waals surface area contributed by atoms with Gasteiger partial charge in [-0.05, 0) is 132 Å². The van der Waals surface area contributed by atoms with Gasteiger partial charge in [-0.25, -0.2) is 0 Å². The molecule has 0 spiro atoms. The number of hydrogen-bond acceptors (Lipinski definition) is 0. The summed E-state index contributed by atoms with van der Waals surface area (Å²) in [6, 6.07) is 93.8. The molecule has 12 aromatic carbocycles. The lowest BCUT2D eigenvalue weighted by atomic mass is 9.90. The number of benzene rings is 12. The van der Waals surface area contributed by atoms with Crippen LogP contribution in [0.15, 0.2) is 255 Å². The number of nitrogens with zero attached hydrogens (tertiary/aromatic N) is 2. The number of para-hydroxylation sites is 3. The molecule has 0 unspecified atom stereocenters. The Hall–Kier alpha value is -8.98. The van der Waals surface area contributed by atoms with Gasteiger partial charge < -0.3 is 9.13 Å². The fourth-order valence-corrected chi connectivity index (χ4v) is 11.1. The molecule has 2 aromatic heterocycles. The summed E-state index contributed by atoms with van der Waals surface area (Å²) in [5.74, 6) is 0. The number of fused-ring (bicyclic) bond motifs is 12. The summed E-state index contributed by atoms with van der Waals surface area (Å²) >= 11 is 0. The second kappa shape index (κ2) is 15.3. The lowest BCUT2D eigenvalue weighted by Gasteiger charge is -2.19. The van der Waals surface area contributed by atoms with E-state index in [0.717, 1.165) is 0 Å². The van der Waals surface area contributed by atoms with Gasteiger partial charge in [-0.2, -0.15) is 0 Å². The number of rotatable bonds is 6. The van der Waals surface area contributed by atoms with Crippen LogP contribution in [0.5, 0.6) is 0 Å². The summed E-state index contributed by atoms with van der Waals surface area (Å²) < 4.78 is 4.91. The van der Waals surface area contributed by atoms with Gasteiger partial charge in [-0.1, -0.05) is 194 Å². The maximum absolute atomic E-state index is 2.53. The molecule has 14 aromatic rings. The van der Waals surface area contributed by atoms with Crippen molar-refractivity contribution >= 4 is 75.9 Å². The van der Waals surface area contributed by atoms with E-state index in [1.54, 1.807) is 0 Å². The van der Waals surface area contributed by atoms with Crippen molar-refractivity contribution in [2.75, 3.05) is 0 Å². The Labute approximate surface area is 393 Å². The van der Waals surface area contributed by atoms with Crippen molar-refractivity contribution in [3.8, 4) is 55.9 Å². The number of aromatic nitrogens is 2. The summed E-state index contributed by atoms with van der Waals surface area (Å²) in [6.07, 6.45) is 0. The van der Waals surface area contributed by atoms with Crippen LogP contribution in [0, 0.1) is 0 Å². The zero-order chi connectivity index (χ0) is 44.7. The third kappa shape index (κ3) is 5.98. The zero-order valence-corrected chi connectivity index (χ0v) is 37.1. The molecule has 2 nitrogen and oxygen atoms in total. The van der Waals surface area contributed by atoms with Crippen LogP contribution < -0.4 is 0 Å². The molecule has 0 amide bonds. The van der Waals surface area contributed by atoms with Gasteiger partial charge in [0.1, 0.15) is 0 Å². The molecule has 0 aliphatic carbocycles. The SMILES string of the molecule is c1ccc(-c2ccc(-c3ccc(-c4cc(-n5c6ccccc6c6cc(-c7ccc8c(c7)c7ccccc7n8-c7ccccc7)ccc65)c5c6ccccc6c6ccccc6c5c4)cc3)cc2)cc1. The lowest BCUT2D eigenvalue weighted by molar-refractivity contribution is 1.18. The normalized spacial score (nSPS) is 11.8. The molecule has 0 fully saturated rings. The first-order valence-corrected chi connectivity index (χ1v) is 23.5. The third-order valence-corrected chi connectivity index (χ3v) is 14.3. The van der Waals surface area contributed by atoms with E-state index in [1.165, 1.54) is 132 Å². The van der Waals surface area contributed by atoms with E-state index in [0.29, 0.717) is 0 Å². The third-order valence-electron chi connectivity index (χ3n) is 14.3. The molecule has 0 saturated carbocycles. The molecule has 14 rings (SSSR count). The Bertz CT molecular complexity index is 4270. The van der Waals surface area contributed by atoms with Gasteiger partial charge in [-0.15, -0.1) is 0 Å². The largest absolute Gasteiger partial charge is 0.309 e. The minimum absolute atomic E-state index is 1.17. The smallest absolute Gasteiger partial charge is 0.0553 e. The molecule has 0 atom stereocenters. The number of hydrogen-bond donors (Lipinski definition) is 0. The highest BCUT2D eigenvalue weighted by Gasteiger charge is 2.21. The Morgan fingerprint density at radius 2 is 0.544 bits per heavy atom. The average Bonchev–Trinajstić information content (AvgIpc) is 3.93. The zero-order valence-electron chi connectivity index (χ0n) is 37.1. The van der Waals surface area contributed by atoms with E-state index < -0.39 is 0 Å². The summed E-state index contributed by atoms with van der Waals surface area (Å²) in [5, 5.41) is 12.5. The summed E-state index contributed by atoms with van der Waals surface area (Å²) in [5.41, 5.74) is 16.8. The van der Waals surface area contributed by atoms with Crippen molar-refractivity contribution in [3.05, 3.63) is 255 Å². The summed E-state index contributed by atoms with van der Waals surface area (Å²) in [7, 11) is 0. The van der Waals surface area contributed by atoms with Gasteiger partial charge in [0.05, 0.1) is 27.8 Å². The maximum atomic E-state index is 2.53. The summed E-state index contributed by atoms with van der Waals surface area (Å²) in [4.78, 5) is 0. The van der Waals surface area contributed by atoms with Crippen molar-refractivity contribution in [3.63, 3.8) is 0 Å². The maximum Gasteiger partial charge on any atom is 0.0553 e. The molecule has 0 aliphatic heterocycles. The lowest BCUT2D eigenvalue weighted by Crippen LogP contribution is -1.98. The van der Waals surface area contributed by atoms with Crippen LogP contribution in [0.25, 0.3) is 132 Å². The first-order chi connectivity index (χ1) is 33.7. The van der Waals surface area contributed by atoms with Gasteiger partial charge in [0.2, 0.25) is 0 Å². The van der Waals surface area contributed by atoms with E-state index in [4.69, 9.17) is 0 Å². The highest BCUT2D eigenvalue weighted by Crippen LogP contribution is 2.45. The average molecular weight is 863 g/mol. The van der Waals surface area contributed by atoms with Crippen LogP contribution in [0.2, 0.25) is 0 Å². The quantitative estimate of drug-likeness (QED) is 0.147. The predicted octanol–water partition coefficient (Wildman–Crippen LogP) is 18.0. The first-order valence-electron chi connectivity index (χ1n) is 23.5. The van der Waals surface area contributed by atoms with Crippen LogP contribution in [0.1, 0.15) is 0 Å². The fraction of sp³-hybridized carbons (Fsp3) is 0. The molecule has 316 valence electrons. The van der Waals surface area contributed by atoms with Crippen molar-refractivity contribution in [2.45, 2.75) is 0 Å². The van der Waals surface area contributed by atoms with Gasteiger partial charge in [0.15, 0.2) is 0 Å². The van der Waals surface area contributed by atoms with Crippen molar-refractivity contribution in [1.29, 1.82) is 0 Å². The Morgan fingerprint density at radius 1 is 0.191 bits per heavy atom. The van der Waals surface area contributed by atoms with E-state index in [2.05, 4.69) is 264 Å². The molecular weight excluding hydrogens is 821 g/mol. The topological polar surface area (TPSA) is 9.86 Å². The van der Waals surface area contributed by atoms with Crippen LogP contribution in [-0.2, 0) is 0 Å². The second-order valence-corrected chi connectivity index (χ2v) is 18.0. The molecule has 2 heterocycles. The molecule has 0 bridgehead atoms. The first kappa shape index (κ1) is 38.3. The Kier molecular flexibility index (Phi) is 8.62. The molecule has 0 N–H and O–H groups in total. The van der Waals surface area contributed by atoms with Crippen LogP contribution in [0.4, 0.5) is 0 Å². The highest BCUT2D eigenvalue weighted by molar-refractivity contribution is 6.28. The Balaban J connectivity index is 0.963.